The molecule has 2 rings (SSSR count). The summed E-state index contributed by atoms with van der Waals surface area (Å²) in [7, 11) is 0. The first-order valence-corrected chi connectivity index (χ1v) is 6.97. The molecule has 0 fully saturated rings. The summed E-state index contributed by atoms with van der Waals surface area (Å²) in [4.78, 5) is 11.8. The van der Waals surface area contributed by atoms with Crippen LogP contribution < -0.4 is 4.74 Å². The molecule has 0 saturated heterocycles. The van der Waals surface area contributed by atoms with Crippen LogP contribution in [0.1, 0.15) is 17.3 Å². The highest BCUT2D eigenvalue weighted by molar-refractivity contribution is 5.91. The molecule has 3 nitrogen and oxygen atoms in total. The van der Waals surface area contributed by atoms with Crippen LogP contribution in [0.3, 0.4) is 0 Å². The minimum atomic E-state index is -4.42. The van der Waals surface area contributed by atoms with E-state index in [0.29, 0.717) is 16.7 Å². The number of hydrogen-bond donors (Lipinski definition) is 0. The van der Waals surface area contributed by atoms with Crippen molar-refractivity contribution >= 4 is 5.97 Å². The van der Waals surface area contributed by atoms with Crippen molar-refractivity contribution in [3.05, 3.63) is 54.1 Å². The van der Waals surface area contributed by atoms with Gasteiger partial charge in [0.15, 0.2) is 6.61 Å². The summed E-state index contributed by atoms with van der Waals surface area (Å²) in [5.74, 6) is -0.381. The zero-order valence-electron chi connectivity index (χ0n) is 12.4. The first-order chi connectivity index (χ1) is 10.9. The Morgan fingerprint density at radius 3 is 2.52 bits per heavy atom. The molecule has 0 spiro atoms. The predicted octanol–water partition coefficient (Wildman–Crippen LogP) is 4.47. The molecule has 0 N–H and O–H groups in total. The lowest BCUT2D eigenvalue weighted by Gasteiger charge is -2.13. The van der Waals surface area contributed by atoms with E-state index in [9.17, 15) is 18.0 Å². The summed E-state index contributed by atoms with van der Waals surface area (Å²) in [6.07, 6.45) is -4.42. The van der Waals surface area contributed by atoms with Gasteiger partial charge >= 0.3 is 12.1 Å². The highest BCUT2D eigenvalue weighted by Crippen LogP contribution is 2.31. The van der Waals surface area contributed by atoms with E-state index in [4.69, 9.17) is 9.47 Å². The number of alkyl halides is 3. The van der Waals surface area contributed by atoms with Crippen molar-refractivity contribution in [1.29, 1.82) is 0 Å². The van der Waals surface area contributed by atoms with Gasteiger partial charge in [-0.2, -0.15) is 13.2 Å². The molecule has 0 radical (unpaired) electrons. The van der Waals surface area contributed by atoms with Gasteiger partial charge in [0.05, 0.1) is 12.2 Å². The summed E-state index contributed by atoms with van der Waals surface area (Å²) in [6, 6.07) is 12.8. The van der Waals surface area contributed by atoms with Gasteiger partial charge in [0.1, 0.15) is 5.75 Å². The van der Waals surface area contributed by atoms with E-state index in [-0.39, 0.29) is 12.4 Å². The molecular formula is C17H15F3O3. The van der Waals surface area contributed by atoms with Crippen LogP contribution in [0.4, 0.5) is 13.2 Å². The molecule has 0 heterocycles. The molecule has 0 atom stereocenters. The molecule has 0 unspecified atom stereocenters. The third-order valence-electron chi connectivity index (χ3n) is 2.96. The quantitative estimate of drug-likeness (QED) is 0.761. The van der Waals surface area contributed by atoms with Crippen molar-refractivity contribution in [1.82, 2.24) is 0 Å². The second-order valence-electron chi connectivity index (χ2n) is 4.70. The van der Waals surface area contributed by atoms with Gasteiger partial charge in [-0.05, 0) is 30.7 Å². The van der Waals surface area contributed by atoms with Crippen molar-refractivity contribution in [2.75, 3.05) is 13.2 Å². The molecule has 2 aromatic carbocycles. The van der Waals surface area contributed by atoms with Gasteiger partial charge in [-0.15, -0.1) is 0 Å². The van der Waals surface area contributed by atoms with Gasteiger partial charge in [0.25, 0.3) is 0 Å². The van der Waals surface area contributed by atoms with Gasteiger partial charge in [0.2, 0.25) is 0 Å². The third-order valence-corrected chi connectivity index (χ3v) is 2.96. The molecule has 0 bridgehead atoms. The first-order valence-electron chi connectivity index (χ1n) is 6.97. The van der Waals surface area contributed by atoms with E-state index < -0.39 is 18.8 Å². The van der Waals surface area contributed by atoms with Crippen LogP contribution in [-0.2, 0) is 4.74 Å². The molecule has 23 heavy (non-hydrogen) atoms. The Balaban J connectivity index is 2.31. The molecule has 0 aliphatic heterocycles. The van der Waals surface area contributed by atoms with Gasteiger partial charge in [0, 0.05) is 5.56 Å². The van der Waals surface area contributed by atoms with Gasteiger partial charge in [-0.25, -0.2) is 4.79 Å². The summed E-state index contributed by atoms with van der Waals surface area (Å²) in [6.45, 7) is 0.567. The Labute approximate surface area is 131 Å². The Morgan fingerprint density at radius 2 is 1.83 bits per heavy atom. The fourth-order valence-electron chi connectivity index (χ4n) is 2.02. The topological polar surface area (TPSA) is 35.5 Å². The van der Waals surface area contributed by atoms with E-state index in [1.54, 1.807) is 49.4 Å². The van der Waals surface area contributed by atoms with E-state index in [1.165, 1.54) is 6.07 Å². The van der Waals surface area contributed by atoms with Crippen molar-refractivity contribution in [3.8, 4) is 16.9 Å². The van der Waals surface area contributed by atoms with Gasteiger partial charge in [-0.3, -0.25) is 0 Å². The Kier molecular flexibility index (Phi) is 5.26. The zero-order valence-corrected chi connectivity index (χ0v) is 12.4. The maximum absolute atomic E-state index is 12.3. The number of carbonyl (C=O) groups excluding carboxylic acids is 1. The van der Waals surface area contributed by atoms with Crippen LogP contribution in [0.25, 0.3) is 11.1 Å². The standard InChI is InChI=1S/C17H15F3O3/c1-2-22-16(21)13-7-5-6-12(10-13)14-8-3-4-9-15(14)23-11-17(18,19)20/h3-10H,2,11H2,1H3. The lowest BCUT2D eigenvalue weighted by Crippen LogP contribution is -2.19. The second kappa shape index (κ2) is 7.17. The van der Waals surface area contributed by atoms with Crippen LogP contribution >= 0.6 is 0 Å². The number of carbonyl (C=O) groups is 1. The molecule has 0 aliphatic rings. The Hall–Kier alpha value is -2.50. The number of benzene rings is 2. The van der Waals surface area contributed by atoms with E-state index in [2.05, 4.69) is 0 Å². The highest BCUT2D eigenvalue weighted by atomic mass is 19.4. The molecule has 0 aromatic heterocycles. The van der Waals surface area contributed by atoms with Gasteiger partial charge < -0.3 is 9.47 Å². The summed E-state index contributed by atoms with van der Waals surface area (Å²) >= 11 is 0. The number of halogens is 3. The van der Waals surface area contributed by atoms with Crippen molar-refractivity contribution in [2.24, 2.45) is 0 Å². The van der Waals surface area contributed by atoms with Gasteiger partial charge in [-0.1, -0.05) is 30.3 Å². The molecule has 0 amide bonds. The Morgan fingerprint density at radius 1 is 1.09 bits per heavy atom. The first kappa shape index (κ1) is 16.9. The summed E-state index contributed by atoms with van der Waals surface area (Å²) < 4.78 is 46.8. The zero-order chi connectivity index (χ0) is 16.9. The smallest absolute Gasteiger partial charge is 0.422 e. The molecule has 0 saturated carbocycles. The lowest BCUT2D eigenvalue weighted by atomic mass is 10.0. The maximum Gasteiger partial charge on any atom is 0.422 e. The lowest BCUT2D eigenvalue weighted by molar-refractivity contribution is -0.153. The average molecular weight is 324 g/mol. The number of esters is 1. The molecular weight excluding hydrogens is 309 g/mol. The molecule has 122 valence electrons. The minimum Gasteiger partial charge on any atom is -0.483 e. The van der Waals surface area contributed by atoms with Crippen LogP contribution in [0.15, 0.2) is 48.5 Å². The summed E-state index contributed by atoms with van der Waals surface area (Å²) in [5.41, 5.74) is 1.38. The fourth-order valence-corrected chi connectivity index (χ4v) is 2.02. The van der Waals surface area contributed by atoms with Crippen LogP contribution in [0.2, 0.25) is 0 Å². The SMILES string of the molecule is CCOC(=O)c1cccc(-c2ccccc2OCC(F)(F)F)c1. The maximum atomic E-state index is 12.3. The van der Waals surface area contributed by atoms with Crippen molar-refractivity contribution < 1.29 is 27.4 Å². The number of hydrogen-bond acceptors (Lipinski definition) is 3. The number of ether oxygens (including phenoxy) is 2. The van der Waals surface area contributed by atoms with E-state index >= 15 is 0 Å². The molecule has 2 aromatic rings. The van der Waals surface area contributed by atoms with Crippen LogP contribution in [-0.4, -0.2) is 25.4 Å². The molecule has 6 heteroatoms. The van der Waals surface area contributed by atoms with Crippen molar-refractivity contribution in [3.63, 3.8) is 0 Å². The number of rotatable bonds is 5. The monoisotopic (exact) mass is 324 g/mol. The Bertz CT molecular complexity index is 681. The van der Waals surface area contributed by atoms with Crippen LogP contribution in [0.5, 0.6) is 5.75 Å². The fraction of sp³-hybridized carbons (Fsp3) is 0.235. The molecule has 0 aliphatic carbocycles. The third kappa shape index (κ3) is 4.74. The second-order valence-corrected chi connectivity index (χ2v) is 4.70. The summed E-state index contributed by atoms with van der Waals surface area (Å²) in [5, 5.41) is 0. The van der Waals surface area contributed by atoms with Crippen molar-refractivity contribution in [2.45, 2.75) is 13.1 Å². The van der Waals surface area contributed by atoms with E-state index in [1.807, 2.05) is 0 Å². The number of para-hydroxylation sites is 1. The highest BCUT2D eigenvalue weighted by Gasteiger charge is 2.28. The normalized spacial score (nSPS) is 11.1. The van der Waals surface area contributed by atoms with Crippen LogP contribution in [0, 0.1) is 0 Å². The average Bonchev–Trinajstić information content (AvgIpc) is 2.53. The van der Waals surface area contributed by atoms with E-state index in [0.717, 1.165) is 0 Å². The predicted molar refractivity (Wildman–Crippen MR) is 79.4 cm³/mol. The largest absolute Gasteiger partial charge is 0.483 e. The minimum absolute atomic E-state index is 0.103.